The molecule has 4 rings (SSSR count). The zero-order chi connectivity index (χ0) is 8.18. The minimum Gasteiger partial charge on any atom is -1.00 e. The van der Waals surface area contributed by atoms with E-state index in [-0.39, 0.29) is 45.9 Å². The van der Waals surface area contributed by atoms with Crippen molar-refractivity contribution in [2.75, 3.05) is 0 Å². The van der Waals surface area contributed by atoms with Gasteiger partial charge in [0.15, 0.2) is 0 Å². The summed E-state index contributed by atoms with van der Waals surface area (Å²) in [6.07, 6.45) is 3.79. The smallest absolute Gasteiger partial charge is 1.00 e. The van der Waals surface area contributed by atoms with Crippen LogP contribution in [0.1, 0.15) is 24.8 Å². The van der Waals surface area contributed by atoms with Gasteiger partial charge in [0, 0.05) is 0 Å². The first-order chi connectivity index (χ1) is 5.78. The van der Waals surface area contributed by atoms with Gasteiger partial charge >= 0.3 is 23.1 Å². The first-order valence-electron chi connectivity index (χ1n) is 4.38. The summed E-state index contributed by atoms with van der Waals surface area (Å²) in [4.78, 5) is 0. The summed E-state index contributed by atoms with van der Waals surface area (Å²) in [6.45, 7) is 0. The summed E-state index contributed by atoms with van der Waals surface area (Å²) < 4.78 is 12.6. The molecule has 0 radical (unpaired) electrons. The van der Waals surface area contributed by atoms with Crippen molar-refractivity contribution in [3.8, 4) is 0 Å². The number of hydrogen-bond donors (Lipinski definition) is 0. The molecule has 3 saturated carbocycles. The quantitative estimate of drug-likeness (QED) is 0.473. The molecule has 0 unspecified atom stereocenters. The number of benzene rings is 1. The van der Waals surface area contributed by atoms with Gasteiger partial charge in [0.05, 0.1) is 0 Å². The average molecular weight is 265 g/mol. The van der Waals surface area contributed by atoms with Crippen molar-refractivity contribution in [1.82, 2.24) is 0 Å². The Morgan fingerprint density at radius 1 is 1.07 bits per heavy atom. The molecule has 3 fully saturated rings. The number of hydrogen-bond acceptors (Lipinski definition) is 0. The van der Waals surface area contributed by atoms with Crippen molar-refractivity contribution in [2.45, 2.75) is 24.7 Å². The Balaban J connectivity index is 0.000000490. The van der Waals surface area contributed by atoms with E-state index in [2.05, 4.69) is 0 Å². The molecule has 0 amide bonds. The van der Waals surface area contributed by atoms with Crippen LogP contribution in [0, 0.1) is 11.7 Å². The average Bonchev–Trinajstić information content (AvgIpc) is 1.87. The Kier molecular flexibility index (Phi) is 3.65. The van der Waals surface area contributed by atoms with E-state index in [1.54, 1.807) is 18.1 Å². The minimum atomic E-state index is -0.127. The molecule has 0 atom stereocenters. The molecule has 1 aromatic carbocycles. The van der Waals surface area contributed by atoms with Crippen molar-refractivity contribution >= 4 is 23.1 Å². The van der Waals surface area contributed by atoms with E-state index in [0.717, 1.165) is 0 Å². The maximum atomic E-state index is 12.6. The maximum absolute atomic E-state index is 12.6. The van der Waals surface area contributed by atoms with E-state index in [4.69, 9.17) is 0 Å². The second kappa shape index (κ2) is 4.10. The first-order valence-corrected chi connectivity index (χ1v) is 4.38. The van der Waals surface area contributed by atoms with Crippen LogP contribution in [0.3, 0.4) is 0 Å². The largest absolute Gasteiger partial charge is 2.00 e. The van der Waals surface area contributed by atoms with Crippen molar-refractivity contribution in [3.05, 3.63) is 41.6 Å². The standard InChI is InChI=1S/C11H10F.BrH.Mg/c12-10-3-1-9(2-4-10)11-5-8(6-11)7-11;;/h1-4H,5-7H2;1H;/q-1;;+2/p-1. The molecular weight excluding hydrogens is 255 g/mol. The van der Waals surface area contributed by atoms with Crippen molar-refractivity contribution < 1.29 is 21.4 Å². The fourth-order valence-electron chi connectivity index (χ4n) is 2.39. The Morgan fingerprint density at radius 3 is 1.93 bits per heavy atom. The molecule has 0 nitrogen and oxygen atoms in total. The summed E-state index contributed by atoms with van der Waals surface area (Å²) in [5.41, 5.74) is 1.78. The predicted molar refractivity (Wildman–Crippen MR) is 50.9 cm³/mol. The molecule has 0 spiro atoms. The molecule has 0 saturated heterocycles. The van der Waals surface area contributed by atoms with Gasteiger partial charge in [0.1, 0.15) is 5.82 Å². The topological polar surface area (TPSA) is 0 Å². The molecule has 2 bridgehead atoms. The molecular formula is C11H10BrFMg. The van der Waals surface area contributed by atoms with Gasteiger partial charge in [-0.1, -0.05) is 17.5 Å². The first kappa shape index (κ1) is 12.5. The number of halogens is 2. The van der Waals surface area contributed by atoms with Crippen LogP contribution in [0.25, 0.3) is 0 Å². The molecule has 3 heteroatoms. The monoisotopic (exact) mass is 264 g/mol. The van der Waals surface area contributed by atoms with Crippen LogP contribution in [0.2, 0.25) is 0 Å². The van der Waals surface area contributed by atoms with Crippen LogP contribution < -0.4 is 17.0 Å². The van der Waals surface area contributed by atoms with E-state index in [0.29, 0.717) is 5.41 Å². The third-order valence-corrected chi connectivity index (χ3v) is 3.22. The third kappa shape index (κ3) is 1.63. The van der Waals surface area contributed by atoms with Crippen LogP contribution in [-0.4, -0.2) is 23.1 Å². The Labute approximate surface area is 110 Å². The van der Waals surface area contributed by atoms with E-state index < -0.39 is 0 Å². The zero-order valence-corrected chi connectivity index (χ0v) is 10.9. The minimum absolute atomic E-state index is 0. The van der Waals surface area contributed by atoms with Crippen molar-refractivity contribution in [1.29, 1.82) is 0 Å². The third-order valence-electron chi connectivity index (χ3n) is 3.22. The second-order valence-corrected chi connectivity index (χ2v) is 4.07. The summed E-state index contributed by atoms with van der Waals surface area (Å²) in [7, 11) is 0. The fourth-order valence-corrected chi connectivity index (χ4v) is 2.39. The van der Waals surface area contributed by atoms with Crippen LogP contribution in [-0.2, 0) is 5.41 Å². The van der Waals surface area contributed by atoms with E-state index in [9.17, 15) is 4.39 Å². The van der Waals surface area contributed by atoms with Crippen LogP contribution in [0.4, 0.5) is 4.39 Å². The summed E-state index contributed by atoms with van der Waals surface area (Å²) in [5, 5.41) is 0. The predicted octanol–water partition coefficient (Wildman–Crippen LogP) is -0.541. The molecule has 0 aliphatic heterocycles. The SMILES string of the molecule is Fc1ccc(C23C[C-](C2)C3)cc1.[Br-].[Mg+2]. The fraction of sp³-hybridized carbons (Fsp3) is 0.364. The molecule has 0 aromatic heterocycles. The molecule has 70 valence electrons. The van der Waals surface area contributed by atoms with Gasteiger partial charge < -0.3 is 22.9 Å². The van der Waals surface area contributed by atoms with Crippen LogP contribution in [0.15, 0.2) is 24.3 Å². The van der Waals surface area contributed by atoms with Gasteiger partial charge in [-0.3, -0.25) is 0 Å². The molecule has 14 heavy (non-hydrogen) atoms. The molecule has 0 N–H and O–H groups in total. The normalized spacial score (nSPS) is 20.9. The molecule has 1 aromatic rings. The van der Waals surface area contributed by atoms with Gasteiger partial charge in [-0.15, -0.1) is 0 Å². The Hall–Kier alpha value is 0.396. The van der Waals surface area contributed by atoms with Crippen molar-refractivity contribution in [3.63, 3.8) is 0 Å². The van der Waals surface area contributed by atoms with E-state index in [1.165, 1.54) is 24.8 Å². The zero-order valence-electron chi connectivity index (χ0n) is 7.89. The Bertz CT molecular complexity index is 306. The van der Waals surface area contributed by atoms with Gasteiger partial charge in [-0.05, 0) is 17.7 Å². The van der Waals surface area contributed by atoms with Gasteiger partial charge in [-0.2, -0.15) is 19.3 Å². The Morgan fingerprint density at radius 2 is 1.57 bits per heavy atom. The second-order valence-electron chi connectivity index (χ2n) is 4.07. The van der Waals surface area contributed by atoms with E-state index >= 15 is 0 Å². The van der Waals surface area contributed by atoms with Gasteiger partial charge in [0.25, 0.3) is 0 Å². The van der Waals surface area contributed by atoms with Crippen LogP contribution in [0.5, 0.6) is 0 Å². The summed E-state index contributed by atoms with van der Waals surface area (Å²) in [6, 6.07) is 7.01. The number of rotatable bonds is 1. The van der Waals surface area contributed by atoms with Crippen molar-refractivity contribution in [2.24, 2.45) is 0 Å². The van der Waals surface area contributed by atoms with Gasteiger partial charge in [-0.25, -0.2) is 4.39 Å². The molecule has 3 aliphatic rings. The summed E-state index contributed by atoms with van der Waals surface area (Å²) in [5.74, 6) is 1.57. The van der Waals surface area contributed by atoms with Crippen LogP contribution >= 0.6 is 0 Å². The van der Waals surface area contributed by atoms with Gasteiger partial charge in [0.2, 0.25) is 0 Å². The van der Waals surface area contributed by atoms with E-state index in [1.807, 2.05) is 12.1 Å². The molecule has 3 aliphatic carbocycles. The molecule has 0 heterocycles. The summed E-state index contributed by atoms with van der Waals surface area (Å²) >= 11 is 0. The maximum Gasteiger partial charge on any atom is 2.00 e.